The lowest BCUT2D eigenvalue weighted by Gasteiger charge is -2.39. The summed E-state index contributed by atoms with van der Waals surface area (Å²) in [6.45, 7) is 6.50. The van der Waals surface area contributed by atoms with Gasteiger partial charge in [-0.2, -0.15) is 0 Å². The second kappa shape index (κ2) is 8.37. The van der Waals surface area contributed by atoms with Crippen molar-refractivity contribution in [3.63, 3.8) is 0 Å². The number of hydrogen-bond donors (Lipinski definition) is 0. The highest BCUT2D eigenvalue weighted by Gasteiger charge is 2.26. The first kappa shape index (κ1) is 17.8. The number of aryl methyl sites for hydroxylation is 2. The summed E-state index contributed by atoms with van der Waals surface area (Å²) < 4.78 is 5.16. The Morgan fingerprint density at radius 2 is 2.12 bits per heavy atom. The third-order valence-corrected chi connectivity index (χ3v) is 6.11. The van der Waals surface area contributed by atoms with Crippen LogP contribution in [-0.2, 0) is 22.4 Å². The van der Waals surface area contributed by atoms with Crippen LogP contribution in [-0.4, -0.2) is 67.4 Å². The number of methoxy groups -OCH3 is 1. The molecule has 1 atom stereocenters. The Morgan fingerprint density at radius 3 is 2.92 bits per heavy atom. The molecule has 4 nitrogen and oxygen atoms in total. The third kappa shape index (κ3) is 4.32. The third-order valence-electron chi connectivity index (χ3n) is 5.13. The Morgan fingerprint density at radius 1 is 1.29 bits per heavy atom. The van der Waals surface area contributed by atoms with Gasteiger partial charge in [0.15, 0.2) is 0 Å². The maximum absolute atomic E-state index is 12.5. The Bertz CT molecular complexity index is 578. The van der Waals surface area contributed by atoms with Crippen molar-refractivity contribution in [2.45, 2.75) is 37.1 Å². The van der Waals surface area contributed by atoms with E-state index in [1.807, 2.05) is 4.90 Å². The van der Waals surface area contributed by atoms with Crippen LogP contribution in [0.25, 0.3) is 0 Å². The highest BCUT2D eigenvalue weighted by atomic mass is 32.2. The largest absolute Gasteiger partial charge is 0.383 e. The summed E-state index contributed by atoms with van der Waals surface area (Å²) >= 11 is 1.68. The summed E-state index contributed by atoms with van der Waals surface area (Å²) in [6.07, 6.45) is 3.68. The van der Waals surface area contributed by atoms with Crippen molar-refractivity contribution < 1.29 is 9.53 Å². The number of carbonyl (C=O) groups is 1. The average Bonchev–Trinajstić information content (AvgIpc) is 3.06. The van der Waals surface area contributed by atoms with E-state index in [9.17, 15) is 4.79 Å². The van der Waals surface area contributed by atoms with Crippen LogP contribution in [0.3, 0.4) is 0 Å². The number of amides is 1. The smallest absolute Gasteiger partial charge is 0.233 e. The van der Waals surface area contributed by atoms with Crippen molar-refractivity contribution >= 4 is 17.7 Å². The number of piperazine rings is 1. The number of nitrogens with zero attached hydrogens (tertiary/aromatic N) is 2. The predicted molar refractivity (Wildman–Crippen MR) is 98.7 cm³/mol. The second-order valence-corrected chi connectivity index (χ2v) is 7.84. The highest BCUT2D eigenvalue weighted by Crippen LogP contribution is 2.27. The van der Waals surface area contributed by atoms with E-state index in [1.165, 1.54) is 35.3 Å². The molecule has 1 aromatic rings. The Labute approximate surface area is 149 Å². The molecule has 1 fully saturated rings. The van der Waals surface area contributed by atoms with Crippen molar-refractivity contribution in [1.29, 1.82) is 0 Å². The summed E-state index contributed by atoms with van der Waals surface area (Å²) in [5.41, 5.74) is 2.97. The molecule has 1 amide bonds. The maximum atomic E-state index is 12.5. The Balaban J connectivity index is 1.47. The van der Waals surface area contributed by atoms with Crippen LogP contribution in [0.4, 0.5) is 0 Å². The van der Waals surface area contributed by atoms with Crippen LogP contribution >= 0.6 is 11.8 Å². The van der Waals surface area contributed by atoms with Gasteiger partial charge in [-0.05, 0) is 49.4 Å². The summed E-state index contributed by atoms with van der Waals surface area (Å²) in [5.74, 6) is 0.808. The lowest BCUT2D eigenvalue weighted by molar-refractivity contribution is -0.131. The topological polar surface area (TPSA) is 32.8 Å². The number of ether oxygens (including phenoxy) is 1. The number of carbonyl (C=O) groups excluding carboxylic acids is 1. The van der Waals surface area contributed by atoms with Crippen LogP contribution in [0.2, 0.25) is 0 Å². The summed E-state index contributed by atoms with van der Waals surface area (Å²) in [5, 5.41) is 0. The number of thioether (sulfide) groups is 1. The first-order valence-electron chi connectivity index (χ1n) is 8.92. The van der Waals surface area contributed by atoms with Gasteiger partial charge in [0.25, 0.3) is 0 Å². The normalized spacial score (nSPS) is 21.1. The van der Waals surface area contributed by atoms with Gasteiger partial charge < -0.3 is 9.64 Å². The molecule has 1 aromatic carbocycles. The fourth-order valence-electron chi connectivity index (χ4n) is 3.64. The number of benzene rings is 1. The van der Waals surface area contributed by atoms with E-state index in [1.54, 1.807) is 18.9 Å². The van der Waals surface area contributed by atoms with E-state index in [0.717, 1.165) is 32.8 Å². The van der Waals surface area contributed by atoms with E-state index in [2.05, 4.69) is 30.0 Å². The van der Waals surface area contributed by atoms with Gasteiger partial charge in [-0.15, -0.1) is 11.8 Å². The molecule has 0 spiro atoms. The lowest BCUT2D eigenvalue weighted by Crippen LogP contribution is -2.54. The van der Waals surface area contributed by atoms with E-state index in [4.69, 9.17) is 4.74 Å². The minimum Gasteiger partial charge on any atom is -0.383 e. The molecule has 2 aliphatic rings. The minimum absolute atomic E-state index is 0.263. The van der Waals surface area contributed by atoms with E-state index < -0.39 is 0 Å². The second-order valence-electron chi connectivity index (χ2n) is 6.79. The molecule has 0 bridgehead atoms. The van der Waals surface area contributed by atoms with E-state index in [0.29, 0.717) is 11.8 Å². The molecular weight excluding hydrogens is 320 g/mol. The molecule has 5 heteroatoms. The minimum atomic E-state index is 0.263. The van der Waals surface area contributed by atoms with Gasteiger partial charge in [-0.3, -0.25) is 9.69 Å². The molecule has 1 heterocycles. The predicted octanol–water partition coefficient (Wildman–Crippen LogP) is 2.45. The number of rotatable bonds is 6. The Hall–Kier alpha value is -1.04. The monoisotopic (exact) mass is 348 g/mol. The maximum Gasteiger partial charge on any atom is 0.233 e. The molecule has 0 aromatic heterocycles. The van der Waals surface area contributed by atoms with Crippen molar-refractivity contribution in [3.05, 3.63) is 29.3 Å². The number of hydrogen-bond acceptors (Lipinski definition) is 4. The fraction of sp³-hybridized carbons (Fsp3) is 0.632. The molecule has 3 rings (SSSR count). The Kier molecular flexibility index (Phi) is 6.19. The molecule has 132 valence electrons. The lowest BCUT2D eigenvalue weighted by atomic mass is 10.1. The van der Waals surface area contributed by atoms with E-state index >= 15 is 0 Å². The highest BCUT2D eigenvalue weighted by molar-refractivity contribution is 8.00. The van der Waals surface area contributed by atoms with Gasteiger partial charge >= 0.3 is 0 Å². The SMILES string of the molecule is COCCN1CCN(C(=O)CSc2ccc3c(c2)CCC3)CC1C. The summed E-state index contributed by atoms with van der Waals surface area (Å²) in [4.78, 5) is 18.2. The molecule has 0 saturated carbocycles. The van der Waals surface area contributed by atoms with E-state index in [-0.39, 0.29) is 5.91 Å². The van der Waals surface area contributed by atoms with Gasteiger partial charge in [-0.1, -0.05) is 6.07 Å². The first-order valence-corrected chi connectivity index (χ1v) is 9.91. The van der Waals surface area contributed by atoms with Crippen LogP contribution in [0.15, 0.2) is 23.1 Å². The van der Waals surface area contributed by atoms with Crippen LogP contribution < -0.4 is 0 Å². The molecule has 1 aliphatic carbocycles. The van der Waals surface area contributed by atoms with Crippen molar-refractivity contribution in [2.75, 3.05) is 45.6 Å². The quantitative estimate of drug-likeness (QED) is 0.740. The summed E-state index contributed by atoms with van der Waals surface area (Å²) in [6, 6.07) is 7.10. The summed E-state index contributed by atoms with van der Waals surface area (Å²) in [7, 11) is 1.74. The van der Waals surface area contributed by atoms with Gasteiger partial charge in [0.1, 0.15) is 0 Å². The standard InChI is InChI=1S/C19H28N2O2S/c1-15-13-21(9-8-20(15)10-11-23-2)19(22)14-24-18-7-6-16-4-3-5-17(16)12-18/h6-7,12,15H,3-5,8-11,13-14H2,1-2H3. The zero-order chi connectivity index (χ0) is 16.9. The molecular formula is C19H28N2O2S. The van der Waals surface area contributed by atoms with Crippen molar-refractivity contribution in [1.82, 2.24) is 9.80 Å². The molecule has 1 saturated heterocycles. The zero-order valence-electron chi connectivity index (χ0n) is 14.8. The molecule has 1 aliphatic heterocycles. The molecule has 24 heavy (non-hydrogen) atoms. The van der Waals surface area contributed by atoms with Gasteiger partial charge in [0, 0.05) is 44.2 Å². The first-order chi connectivity index (χ1) is 11.7. The fourth-order valence-corrected chi connectivity index (χ4v) is 4.50. The molecule has 1 unspecified atom stereocenters. The molecule has 0 radical (unpaired) electrons. The van der Waals surface area contributed by atoms with Crippen LogP contribution in [0, 0.1) is 0 Å². The zero-order valence-corrected chi connectivity index (χ0v) is 15.6. The van der Waals surface area contributed by atoms with Gasteiger partial charge in [0.2, 0.25) is 5.91 Å². The van der Waals surface area contributed by atoms with Crippen molar-refractivity contribution in [3.8, 4) is 0 Å². The average molecular weight is 349 g/mol. The van der Waals surface area contributed by atoms with Crippen LogP contribution in [0.5, 0.6) is 0 Å². The number of fused-ring (bicyclic) bond motifs is 1. The van der Waals surface area contributed by atoms with Crippen LogP contribution in [0.1, 0.15) is 24.5 Å². The van der Waals surface area contributed by atoms with Crippen molar-refractivity contribution in [2.24, 2.45) is 0 Å². The molecule has 0 N–H and O–H groups in total. The van der Waals surface area contributed by atoms with Gasteiger partial charge in [0.05, 0.1) is 12.4 Å². The van der Waals surface area contributed by atoms with Gasteiger partial charge in [-0.25, -0.2) is 0 Å².